The molecular weight excluding hydrogens is 188 g/mol. The molecule has 0 aliphatic heterocycles. The van der Waals surface area contributed by atoms with Gasteiger partial charge >= 0.3 is 0 Å². The monoisotopic (exact) mass is 204 g/mol. The summed E-state index contributed by atoms with van der Waals surface area (Å²) in [4.78, 5) is 0. The van der Waals surface area contributed by atoms with Crippen LogP contribution in [0, 0.1) is 18.3 Å². The van der Waals surface area contributed by atoms with Crippen LogP contribution in [0.5, 0.6) is 5.75 Å². The number of rotatable bonds is 3. The van der Waals surface area contributed by atoms with Crippen LogP contribution in [0.3, 0.4) is 0 Å². The minimum absolute atomic E-state index is 0.101. The molecule has 3 nitrogen and oxygen atoms in total. The van der Waals surface area contributed by atoms with Crippen molar-refractivity contribution in [1.82, 2.24) is 0 Å². The molecule has 0 aliphatic rings. The molecule has 15 heavy (non-hydrogen) atoms. The Morgan fingerprint density at radius 3 is 2.67 bits per heavy atom. The largest absolute Gasteiger partial charge is 0.495 e. The highest BCUT2D eigenvalue weighted by Gasteiger charge is 2.09. The fourth-order valence-corrected chi connectivity index (χ4v) is 1.69. The van der Waals surface area contributed by atoms with Crippen molar-refractivity contribution in [1.29, 1.82) is 5.26 Å². The minimum atomic E-state index is 0.101. The summed E-state index contributed by atoms with van der Waals surface area (Å²) in [6.45, 7) is 3.88. The van der Waals surface area contributed by atoms with E-state index in [1.165, 1.54) is 0 Å². The van der Waals surface area contributed by atoms with Gasteiger partial charge in [-0.3, -0.25) is 0 Å². The zero-order valence-electron chi connectivity index (χ0n) is 9.37. The van der Waals surface area contributed by atoms with Gasteiger partial charge in [0.05, 0.1) is 12.7 Å². The van der Waals surface area contributed by atoms with Gasteiger partial charge in [0.1, 0.15) is 11.8 Å². The van der Waals surface area contributed by atoms with E-state index >= 15 is 0 Å². The van der Waals surface area contributed by atoms with Crippen molar-refractivity contribution in [2.45, 2.75) is 26.3 Å². The number of nitrogens with two attached hydrogens (primary N) is 1. The van der Waals surface area contributed by atoms with Crippen molar-refractivity contribution in [2.24, 2.45) is 5.73 Å². The van der Waals surface area contributed by atoms with Crippen LogP contribution in [0.2, 0.25) is 0 Å². The van der Waals surface area contributed by atoms with E-state index in [1.54, 1.807) is 7.11 Å². The predicted octanol–water partition coefficient (Wildman–Crippen LogP) is 1.76. The maximum absolute atomic E-state index is 8.97. The normalized spacial score (nSPS) is 11.9. The molecule has 3 heteroatoms. The van der Waals surface area contributed by atoms with Crippen molar-refractivity contribution in [2.75, 3.05) is 7.11 Å². The molecule has 0 aliphatic carbocycles. The average molecular weight is 204 g/mol. The van der Waals surface area contributed by atoms with Gasteiger partial charge < -0.3 is 10.5 Å². The molecule has 0 heterocycles. The van der Waals surface area contributed by atoms with E-state index in [2.05, 4.69) is 6.07 Å². The number of benzene rings is 1. The van der Waals surface area contributed by atoms with Crippen molar-refractivity contribution in [3.05, 3.63) is 28.8 Å². The molecule has 0 radical (unpaired) electrons. The summed E-state index contributed by atoms with van der Waals surface area (Å²) in [6.07, 6.45) is 0.777. The molecule has 0 bridgehead atoms. The van der Waals surface area contributed by atoms with Crippen LogP contribution >= 0.6 is 0 Å². The molecular formula is C12H16N2O. The SMILES string of the molecule is COc1c(C)cc(CC(C)N)cc1C#N. The number of methoxy groups -OCH3 is 1. The van der Waals surface area contributed by atoms with Gasteiger partial charge in [-0.15, -0.1) is 0 Å². The summed E-state index contributed by atoms with van der Waals surface area (Å²) in [5.41, 5.74) is 8.36. The first-order valence-electron chi connectivity index (χ1n) is 4.91. The fraction of sp³-hybridized carbons (Fsp3) is 0.417. The van der Waals surface area contributed by atoms with E-state index in [-0.39, 0.29) is 6.04 Å². The van der Waals surface area contributed by atoms with Crippen LogP contribution in [0.15, 0.2) is 12.1 Å². The van der Waals surface area contributed by atoms with Gasteiger partial charge in [0.15, 0.2) is 0 Å². The Bertz CT molecular complexity index is 391. The lowest BCUT2D eigenvalue weighted by molar-refractivity contribution is 0.410. The summed E-state index contributed by atoms with van der Waals surface area (Å²) in [6, 6.07) is 6.10. The number of nitrogens with zero attached hydrogens (tertiary/aromatic N) is 1. The Hall–Kier alpha value is -1.53. The highest BCUT2D eigenvalue weighted by atomic mass is 16.5. The first kappa shape index (κ1) is 11.5. The van der Waals surface area contributed by atoms with E-state index < -0.39 is 0 Å². The second-order valence-electron chi connectivity index (χ2n) is 3.79. The molecule has 1 unspecified atom stereocenters. The lowest BCUT2D eigenvalue weighted by Crippen LogP contribution is -2.17. The van der Waals surface area contributed by atoms with Gasteiger partial charge in [-0.2, -0.15) is 5.26 Å². The van der Waals surface area contributed by atoms with Crippen molar-refractivity contribution in [3.8, 4) is 11.8 Å². The van der Waals surface area contributed by atoms with Gasteiger partial charge in [-0.05, 0) is 37.5 Å². The Labute approximate surface area is 90.5 Å². The van der Waals surface area contributed by atoms with Crippen LogP contribution in [0.4, 0.5) is 0 Å². The van der Waals surface area contributed by atoms with Crippen molar-refractivity contribution in [3.63, 3.8) is 0 Å². The Balaban J connectivity index is 3.15. The lowest BCUT2D eigenvalue weighted by Gasteiger charge is -2.11. The van der Waals surface area contributed by atoms with Crippen LogP contribution in [-0.4, -0.2) is 13.2 Å². The summed E-state index contributed by atoms with van der Waals surface area (Å²) >= 11 is 0. The first-order chi connectivity index (χ1) is 7.08. The van der Waals surface area contributed by atoms with Gasteiger partial charge in [-0.25, -0.2) is 0 Å². The zero-order valence-corrected chi connectivity index (χ0v) is 9.37. The number of aryl methyl sites for hydroxylation is 1. The van der Waals surface area contributed by atoms with Gasteiger partial charge in [0, 0.05) is 6.04 Å². The minimum Gasteiger partial charge on any atom is -0.495 e. The fourth-order valence-electron chi connectivity index (χ4n) is 1.69. The molecule has 0 amide bonds. The van der Waals surface area contributed by atoms with E-state index in [4.69, 9.17) is 15.7 Å². The molecule has 0 aromatic heterocycles. The van der Waals surface area contributed by atoms with Crippen LogP contribution in [-0.2, 0) is 6.42 Å². The second-order valence-corrected chi connectivity index (χ2v) is 3.79. The highest BCUT2D eigenvalue weighted by molar-refractivity contribution is 5.50. The summed E-state index contributed by atoms with van der Waals surface area (Å²) in [5.74, 6) is 0.658. The van der Waals surface area contributed by atoms with E-state index in [0.29, 0.717) is 11.3 Å². The number of hydrogen-bond donors (Lipinski definition) is 1. The topological polar surface area (TPSA) is 59.0 Å². The molecule has 0 saturated heterocycles. The van der Waals surface area contributed by atoms with Crippen molar-refractivity contribution < 1.29 is 4.74 Å². The molecule has 0 spiro atoms. The first-order valence-corrected chi connectivity index (χ1v) is 4.91. The van der Waals surface area contributed by atoms with Crippen LogP contribution in [0.25, 0.3) is 0 Å². The standard InChI is InChI=1S/C12H16N2O/c1-8-4-10(5-9(2)14)6-11(7-13)12(8)15-3/h4,6,9H,5,14H2,1-3H3. The highest BCUT2D eigenvalue weighted by Crippen LogP contribution is 2.24. The zero-order chi connectivity index (χ0) is 11.4. The maximum Gasteiger partial charge on any atom is 0.139 e. The molecule has 2 N–H and O–H groups in total. The molecule has 0 fully saturated rings. The molecule has 1 aromatic rings. The third-order valence-electron chi connectivity index (χ3n) is 2.22. The molecule has 1 rings (SSSR count). The molecule has 0 saturated carbocycles. The summed E-state index contributed by atoms with van der Waals surface area (Å²) in [7, 11) is 1.58. The van der Waals surface area contributed by atoms with Gasteiger partial charge in [0.25, 0.3) is 0 Å². The molecule has 1 aromatic carbocycles. The van der Waals surface area contributed by atoms with Crippen LogP contribution in [0.1, 0.15) is 23.6 Å². The quantitative estimate of drug-likeness (QED) is 0.816. The van der Waals surface area contributed by atoms with Gasteiger partial charge in [0.2, 0.25) is 0 Å². The van der Waals surface area contributed by atoms with E-state index in [0.717, 1.165) is 17.5 Å². The smallest absolute Gasteiger partial charge is 0.139 e. The summed E-state index contributed by atoms with van der Waals surface area (Å²) < 4.78 is 5.17. The number of hydrogen-bond acceptors (Lipinski definition) is 3. The number of ether oxygens (including phenoxy) is 1. The maximum atomic E-state index is 8.97. The Morgan fingerprint density at radius 2 is 2.20 bits per heavy atom. The Morgan fingerprint density at radius 1 is 1.53 bits per heavy atom. The third kappa shape index (κ3) is 2.71. The van der Waals surface area contributed by atoms with Gasteiger partial charge in [-0.1, -0.05) is 6.07 Å². The Kier molecular flexibility index (Phi) is 3.70. The predicted molar refractivity (Wildman–Crippen MR) is 59.8 cm³/mol. The summed E-state index contributed by atoms with van der Waals surface area (Å²) in [5, 5.41) is 8.97. The lowest BCUT2D eigenvalue weighted by atomic mass is 10.0. The average Bonchev–Trinajstić information content (AvgIpc) is 2.15. The van der Waals surface area contributed by atoms with Crippen LogP contribution < -0.4 is 10.5 Å². The molecule has 1 atom stereocenters. The van der Waals surface area contributed by atoms with E-state index in [9.17, 15) is 0 Å². The number of nitriles is 1. The second kappa shape index (κ2) is 4.81. The van der Waals surface area contributed by atoms with E-state index in [1.807, 2.05) is 26.0 Å². The third-order valence-corrected chi connectivity index (χ3v) is 2.22. The molecule has 80 valence electrons. The van der Waals surface area contributed by atoms with Crippen molar-refractivity contribution >= 4 is 0 Å².